The fourth-order valence-electron chi connectivity index (χ4n) is 1.67. The molecule has 0 fully saturated rings. The number of carbonyl (C=O) groups excluding carboxylic acids is 1. The van der Waals surface area contributed by atoms with E-state index in [1.165, 1.54) is 6.92 Å². The Morgan fingerprint density at radius 1 is 1.16 bits per heavy atom. The van der Waals surface area contributed by atoms with E-state index in [9.17, 15) is 4.79 Å². The summed E-state index contributed by atoms with van der Waals surface area (Å²) in [5.41, 5.74) is 2.93. The van der Waals surface area contributed by atoms with Crippen LogP contribution in [0.1, 0.15) is 18.2 Å². The first-order valence-corrected chi connectivity index (χ1v) is 6.06. The third kappa shape index (κ3) is 4.48. The first-order chi connectivity index (χ1) is 9.24. The molecule has 0 bridgehead atoms. The second-order valence-corrected chi connectivity index (χ2v) is 4.18. The Hall–Kier alpha value is -2.27. The molecule has 98 valence electrons. The number of benzene rings is 1. The van der Waals surface area contributed by atoms with Crippen LogP contribution in [0.3, 0.4) is 0 Å². The molecule has 0 saturated carbocycles. The zero-order chi connectivity index (χ0) is 13.5. The van der Waals surface area contributed by atoms with Crippen LogP contribution in [0.5, 0.6) is 0 Å². The summed E-state index contributed by atoms with van der Waals surface area (Å²) in [6, 6.07) is 9.63. The molecular formula is C14H16N4O. The van der Waals surface area contributed by atoms with E-state index in [0.29, 0.717) is 6.54 Å². The van der Waals surface area contributed by atoms with E-state index in [2.05, 4.69) is 20.6 Å². The molecule has 0 aliphatic heterocycles. The lowest BCUT2D eigenvalue weighted by Gasteiger charge is -2.06. The van der Waals surface area contributed by atoms with Gasteiger partial charge in [-0.15, -0.1) is 0 Å². The lowest BCUT2D eigenvalue weighted by Crippen LogP contribution is -2.13. The smallest absolute Gasteiger partial charge is 0.221 e. The van der Waals surface area contributed by atoms with Crippen LogP contribution in [0.25, 0.3) is 0 Å². The van der Waals surface area contributed by atoms with Gasteiger partial charge in [-0.05, 0) is 23.8 Å². The molecule has 0 saturated heterocycles. The minimum Gasteiger partial charge on any atom is -0.326 e. The second-order valence-electron chi connectivity index (χ2n) is 4.18. The van der Waals surface area contributed by atoms with Crippen LogP contribution in [-0.4, -0.2) is 15.9 Å². The van der Waals surface area contributed by atoms with Gasteiger partial charge in [0, 0.05) is 31.9 Å². The normalized spacial score (nSPS) is 10.2. The highest BCUT2D eigenvalue weighted by atomic mass is 16.1. The molecule has 1 aromatic carbocycles. The predicted molar refractivity (Wildman–Crippen MR) is 73.3 cm³/mol. The van der Waals surface area contributed by atoms with Crippen molar-refractivity contribution in [3.8, 4) is 0 Å². The number of amides is 1. The molecular weight excluding hydrogens is 240 g/mol. The number of rotatable bonds is 5. The molecule has 19 heavy (non-hydrogen) atoms. The highest BCUT2D eigenvalue weighted by molar-refractivity contribution is 5.88. The van der Waals surface area contributed by atoms with E-state index < -0.39 is 0 Å². The molecule has 1 amide bonds. The van der Waals surface area contributed by atoms with Crippen LogP contribution >= 0.6 is 0 Å². The Bertz CT molecular complexity index is 525. The van der Waals surface area contributed by atoms with Crippen molar-refractivity contribution in [3.63, 3.8) is 0 Å². The van der Waals surface area contributed by atoms with Gasteiger partial charge in [-0.25, -0.2) is 9.97 Å². The van der Waals surface area contributed by atoms with Gasteiger partial charge in [0.1, 0.15) is 6.33 Å². The van der Waals surface area contributed by atoms with Crippen LogP contribution in [0.15, 0.2) is 42.9 Å². The fraction of sp³-hybridized carbons (Fsp3) is 0.214. The molecule has 1 heterocycles. The van der Waals surface area contributed by atoms with Crippen LogP contribution in [0, 0.1) is 0 Å². The lowest BCUT2D eigenvalue weighted by molar-refractivity contribution is -0.114. The molecule has 0 atom stereocenters. The van der Waals surface area contributed by atoms with Crippen molar-refractivity contribution in [3.05, 3.63) is 54.1 Å². The minimum absolute atomic E-state index is 0.0605. The van der Waals surface area contributed by atoms with Gasteiger partial charge in [-0.1, -0.05) is 12.1 Å². The van der Waals surface area contributed by atoms with Gasteiger partial charge < -0.3 is 10.6 Å². The maximum Gasteiger partial charge on any atom is 0.221 e. The monoisotopic (exact) mass is 256 g/mol. The molecule has 0 aliphatic carbocycles. The lowest BCUT2D eigenvalue weighted by atomic mass is 10.2. The van der Waals surface area contributed by atoms with Gasteiger partial charge in [0.2, 0.25) is 5.91 Å². The molecule has 0 spiro atoms. The number of nitrogens with zero attached hydrogens (tertiary/aromatic N) is 2. The van der Waals surface area contributed by atoms with E-state index in [1.54, 1.807) is 12.5 Å². The fourth-order valence-corrected chi connectivity index (χ4v) is 1.67. The first-order valence-electron chi connectivity index (χ1n) is 6.06. The standard InChI is InChI=1S/C14H16N4O/c1-11(19)18-13-4-2-12(3-5-13)8-16-9-14-6-7-15-10-17-14/h2-7,10,16H,8-9H2,1H3,(H,18,19). The van der Waals surface area contributed by atoms with E-state index >= 15 is 0 Å². The molecule has 1 aromatic heterocycles. The second kappa shape index (κ2) is 6.61. The van der Waals surface area contributed by atoms with Gasteiger partial charge in [0.05, 0.1) is 5.69 Å². The Morgan fingerprint density at radius 3 is 2.58 bits per heavy atom. The van der Waals surface area contributed by atoms with Gasteiger partial charge in [-0.2, -0.15) is 0 Å². The third-order valence-corrected chi connectivity index (χ3v) is 2.55. The van der Waals surface area contributed by atoms with E-state index in [4.69, 9.17) is 0 Å². The summed E-state index contributed by atoms with van der Waals surface area (Å²) < 4.78 is 0. The molecule has 2 rings (SSSR count). The largest absolute Gasteiger partial charge is 0.326 e. The predicted octanol–water partition coefficient (Wildman–Crippen LogP) is 1.72. The molecule has 0 aliphatic rings. The van der Waals surface area contributed by atoms with E-state index in [0.717, 1.165) is 23.5 Å². The molecule has 0 radical (unpaired) electrons. The average molecular weight is 256 g/mol. The van der Waals surface area contributed by atoms with Crippen LogP contribution in [-0.2, 0) is 17.9 Å². The number of anilines is 1. The van der Waals surface area contributed by atoms with Crippen molar-refractivity contribution < 1.29 is 4.79 Å². The number of nitrogens with one attached hydrogen (secondary N) is 2. The number of carbonyl (C=O) groups is 1. The number of hydrogen-bond donors (Lipinski definition) is 2. The van der Waals surface area contributed by atoms with Crippen molar-refractivity contribution in [2.45, 2.75) is 20.0 Å². The van der Waals surface area contributed by atoms with Crippen molar-refractivity contribution in [1.82, 2.24) is 15.3 Å². The summed E-state index contributed by atoms with van der Waals surface area (Å²) in [6.07, 6.45) is 3.27. The van der Waals surface area contributed by atoms with Crippen molar-refractivity contribution in [2.24, 2.45) is 0 Å². The van der Waals surface area contributed by atoms with Gasteiger partial charge >= 0.3 is 0 Å². The Kier molecular flexibility index (Phi) is 4.58. The summed E-state index contributed by atoms with van der Waals surface area (Å²) in [4.78, 5) is 18.9. The topological polar surface area (TPSA) is 66.9 Å². The number of hydrogen-bond acceptors (Lipinski definition) is 4. The summed E-state index contributed by atoms with van der Waals surface area (Å²) >= 11 is 0. The SMILES string of the molecule is CC(=O)Nc1ccc(CNCc2ccncn2)cc1. The minimum atomic E-state index is -0.0605. The first kappa shape index (κ1) is 13.2. The maximum atomic E-state index is 10.9. The molecule has 5 heteroatoms. The highest BCUT2D eigenvalue weighted by Crippen LogP contribution is 2.09. The van der Waals surface area contributed by atoms with Crippen LogP contribution in [0.2, 0.25) is 0 Å². The zero-order valence-corrected chi connectivity index (χ0v) is 10.8. The quantitative estimate of drug-likeness (QED) is 0.855. The van der Waals surface area contributed by atoms with Crippen LogP contribution < -0.4 is 10.6 Å². The van der Waals surface area contributed by atoms with Crippen LogP contribution in [0.4, 0.5) is 5.69 Å². The van der Waals surface area contributed by atoms with Gasteiger partial charge in [0.15, 0.2) is 0 Å². The third-order valence-electron chi connectivity index (χ3n) is 2.55. The average Bonchev–Trinajstić information content (AvgIpc) is 2.41. The van der Waals surface area contributed by atoms with Crippen molar-refractivity contribution in [1.29, 1.82) is 0 Å². The number of aromatic nitrogens is 2. The van der Waals surface area contributed by atoms with E-state index in [1.807, 2.05) is 30.3 Å². The summed E-state index contributed by atoms with van der Waals surface area (Å²) in [6.45, 7) is 2.96. The summed E-state index contributed by atoms with van der Waals surface area (Å²) in [5, 5.41) is 6.04. The molecule has 0 unspecified atom stereocenters. The van der Waals surface area contributed by atoms with E-state index in [-0.39, 0.29) is 5.91 Å². The summed E-state index contributed by atoms with van der Waals surface area (Å²) in [5.74, 6) is -0.0605. The molecule has 2 aromatic rings. The zero-order valence-electron chi connectivity index (χ0n) is 10.8. The molecule has 2 N–H and O–H groups in total. The summed E-state index contributed by atoms with van der Waals surface area (Å²) in [7, 11) is 0. The highest BCUT2D eigenvalue weighted by Gasteiger charge is 1.97. The van der Waals surface area contributed by atoms with Crippen molar-refractivity contribution >= 4 is 11.6 Å². The Balaban J connectivity index is 1.81. The molecule has 5 nitrogen and oxygen atoms in total. The van der Waals surface area contributed by atoms with Gasteiger partial charge in [0.25, 0.3) is 0 Å². The van der Waals surface area contributed by atoms with Crippen molar-refractivity contribution in [2.75, 3.05) is 5.32 Å². The Labute approximate surface area is 112 Å². The maximum absolute atomic E-state index is 10.9. The van der Waals surface area contributed by atoms with Gasteiger partial charge in [-0.3, -0.25) is 4.79 Å². The Morgan fingerprint density at radius 2 is 1.95 bits per heavy atom.